The zero-order valence-electron chi connectivity index (χ0n) is 17.6. The Morgan fingerprint density at radius 1 is 1.17 bits per heavy atom. The number of carbonyl (C=O) groups excluding carboxylic acids is 1. The molecule has 2 aromatic rings. The number of carbonyl (C=O) groups is 1. The highest BCUT2D eigenvalue weighted by atomic mass is 16.6. The van der Waals surface area contributed by atoms with Gasteiger partial charge < -0.3 is 25.0 Å². The van der Waals surface area contributed by atoms with Gasteiger partial charge in [-0.1, -0.05) is 0 Å². The third kappa shape index (κ3) is 4.42. The van der Waals surface area contributed by atoms with E-state index < -0.39 is 5.60 Å². The van der Waals surface area contributed by atoms with Crippen LogP contribution in [0.2, 0.25) is 0 Å². The van der Waals surface area contributed by atoms with Crippen molar-refractivity contribution in [1.82, 2.24) is 14.7 Å². The molecule has 0 unspecified atom stereocenters. The first-order chi connectivity index (χ1) is 13.8. The van der Waals surface area contributed by atoms with E-state index >= 15 is 0 Å². The monoisotopic (exact) mass is 401 g/mol. The number of benzene rings is 1. The molecule has 158 valence electrons. The van der Waals surface area contributed by atoms with Gasteiger partial charge in [-0.15, -0.1) is 0 Å². The summed E-state index contributed by atoms with van der Waals surface area (Å²) in [5.41, 5.74) is 8.63. The van der Waals surface area contributed by atoms with E-state index in [9.17, 15) is 4.79 Å². The van der Waals surface area contributed by atoms with Crippen LogP contribution in [0.5, 0.6) is 0 Å². The Kier molecular flexibility index (Phi) is 5.29. The molecular weight excluding hydrogens is 370 g/mol. The predicted octanol–water partition coefficient (Wildman–Crippen LogP) is 3.03. The lowest BCUT2D eigenvalue weighted by Crippen LogP contribution is -2.42. The van der Waals surface area contributed by atoms with Crippen LogP contribution in [0.25, 0.3) is 10.9 Å². The lowest BCUT2D eigenvalue weighted by molar-refractivity contribution is 0.0185. The second-order valence-corrected chi connectivity index (χ2v) is 8.88. The molecule has 1 aromatic carbocycles. The highest BCUT2D eigenvalue weighted by Crippen LogP contribution is 2.31. The molecule has 0 saturated carbocycles. The first-order valence-corrected chi connectivity index (χ1v) is 10.4. The Morgan fingerprint density at radius 3 is 2.52 bits per heavy atom. The number of nitrogen functional groups attached to an aromatic ring is 1. The second kappa shape index (κ2) is 7.74. The third-order valence-electron chi connectivity index (χ3n) is 5.51. The molecule has 2 fully saturated rings. The highest BCUT2D eigenvalue weighted by molar-refractivity contribution is 5.89. The van der Waals surface area contributed by atoms with Gasteiger partial charge in [0, 0.05) is 37.8 Å². The number of amides is 1. The van der Waals surface area contributed by atoms with Crippen LogP contribution in [-0.2, 0) is 9.47 Å². The summed E-state index contributed by atoms with van der Waals surface area (Å²) in [7, 11) is 0. The minimum absolute atomic E-state index is 0.232. The van der Waals surface area contributed by atoms with Crippen molar-refractivity contribution >= 4 is 28.4 Å². The first-order valence-electron chi connectivity index (χ1n) is 10.4. The smallest absolute Gasteiger partial charge is 0.410 e. The summed E-state index contributed by atoms with van der Waals surface area (Å²) in [6.45, 7) is 10.2. The quantitative estimate of drug-likeness (QED) is 0.779. The zero-order valence-corrected chi connectivity index (χ0v) is 17.6. The molecule has 0 spiro atoms. The van der Waals surface area contributed by atoms with Gasteiger partial charge in [-0.3, -0.25) is 4.68 Å². The lowest BCUT2D eigenvalue weighted by Gasteiger charge is -2.33. The molecule has 1 aromatic heterocycles. The Hall–Kier alpha value is -2.48. The number of hydrogen-bond donors (Lipinski definition) is 1. The molecule has 29 heavy (non-hydrogen) atoms. The van der Waals surface area contributed by atoms with Crippen molar-refractivity contribution in [2.45, 2.75) is 45.3 Å². The number of nitrogens with two attached hydrogens (primary N) is 1. The molecule has 0 radical (unpaired) electrons. The SMILES string of the molecule is CC(C)(C)OC(=O)N1CCC(n2cc3cc(N)c(N4CCOCC4)cc3n2)CC1. The summed E-state index contributed by atoms with van der Waals surface area (Å²) in [5, 5.41) is 5.88. The van der Waals surface area contributed by atoms with E-state index in [1.54, 1.807) is 4.90 Å². The highest BCUT2D eigenvalue weighted by Gasteiger charge is 2.28. The summed E-state index contributed by atoms with van der Waals surface area (Å²) in [4.78, 5) is 16.3. The molecular formula is C21H31N5O3. The maximum atomic E-state index is 12.3. The van der Waals surface area contributed by atoms with Crippen LogP contribution in [-0.4, -0.2) is 65.8 Å². The molecule has 2 saturated heterocycles. The molecule has 1 amide bonds. The Morgan fingerprint density at radius 2 is 1.86 bits per heavy atom. The van der Waals surface area contributed by atoms with E-state index in [2.05, 4.69) is 17.2 Å². The number of likely N-dealkylation sites (tertiary alicyclic amines) is 1. The Bertz CT molecular complexity index is 874. The third-order valence-corrected chi connectivity index (χ3v) is 5.51. The number of aromatic nitrogens is 2. The molecule has 2 aliphatic heterocycles. The number of morpholine rings is 1. The number of piperidine rings is 1. The number of ether oxygens (including phenoxy) is 2. The maximum Gasteiger partial charge on any atom is 0.410 e. The normalized spacial score (nSPS) is 19.0. The minimum atomic E-state index is -0.467. The average Bonchev–Trinajstić information content (AvgIpc) is 3.09. The lowest BCUT2D eigenvalue weighted by atomic mass is 10.1. The van der Waals surface area contributed by atoms with E-state index in [0.717, 1.165) is 61.4 Å². The van der Waals surface area contributed by atoms with Crippen LogP contribution in [0.3, 0.4) is 0 Å². The van der Waals surface area contributed by atoms with Crippen LogP contribution in [0, 0.1) is 0 Å². The number of fused-ring (bicyclic) bond motifs is 1. The minimum Gasteiger partial charge on any atom is -0.444 e. The standard InChI is InChI=1S/C21H31N5O3/c1-21(2,3)29-20(27)25-6-4-16(5-7-25)26-14-15-12-17(22)19(13-18(15)23-26)24-8-10-28-11-9-24/h12-14,16H,4-11,22H2,1-3H3. The number of anilines is 2. The molecule has 2 N–H and O–H groups in total. The van der Waals surface area contributed by atoms with E-state index in [-0.39, 0.29) is 12.1 Å². The molecule has 0 atom stereocenters. The molecule has 0 bridgehead atoms. The Balaban J connectivity index is 1.46. The summed E-state index contributed by atoms with van der Waals surface area (Å²) < 4.78 is 13.0. The van der Waals surface area contributed by atoms with E-state index in [0.29, 0.717) is 13.1 Å². The van der Waals surface area contributed by atoms with Crippen molar-refractivity contribution in [1.29, 1.82) is 0 Å². The van der Waals surface area contributed by atoms with Gasteiger partial charge in [-0.25, -0.2) is 4.79 Å². The number of rotatable bonds is 2. The number of nitrogens with zero attached hydrogens (tertiary/aromatic N) is 4. The van der Waals surface area contributed by atoms with Crippen molar-refractivity contribution in [3.8, 4) is 0 Å². The molecule has 4 rings (SSSR count). The van der Waals surface area contributed by atoms with Gasteiger partial charge in [0.15, 0.2) is 0 Å². The van der Waals surface area contributed by atoms with Crippen molar-refractivity contribution < 1.29 is 14.3 Å². The first kappa shape index (κ1) is 19.8. The fourth-order valence-electron chi connectivity index (χ4n) is 4.00. The van der Waals surface area contributed by atoms with Crippen LogP contribution < -0.4 is 10.6 Å². The molecule has 2 aliphatic rings. The fourth-order valence-corrected chi connectivity index (χ4v) is 4.00. The molecule has 0 aliphatic carbocycles. The summed E-state index contributed by atoms with van der Waals surface area (Å²) in [6.07, 6.45) is 3.56. The molecule has 3 heterocycles. The zero-order chi connectivity index (χ0) is 20.6. The molecule has 8 nitrogen and oxygen atoms in total. The number of hydrogen-bond acceptors (Lipinski definition) is 6. The van der Waals surface area contributed by atoms with Gasteiger partial charge in [-0.05, 0) is 45.7 Å². The van der Waals surface area contributed by atoms with Crippen molar-refractivity contribution in [3.05, 3.63) is 18.3 Å². The van der Waals surface area contributed by atoms with E-state index in [4.69, 9.17) is 20.3 Å². The van der Waals surface area contributed by atoms with E-state index in [1.165, 1.54) is 0 Å². The van der Waals surface area contributed by atoms with Crippen molar-refractivity contribution in [2.75, 3.05) is 50.0 Å². The van der Waals surface area contributed by atoms with Gasteiger partial charge in [-0.2, -0.15) is 5.10 Å². The van der Waals surface area contributed by atoms with Crippen LogP contribution in [0.4, 0.5) is 16.2 Å². The van der Waals surface area contributed by atoms with Gasteiger partial charge in [0.25, 0.3) is 0 Å². The second-order valence-electron chi connectivity index (χ2n) is 8.88. The van der Waals surface area contributed by atoms with Crippen molar-refractivity contribution in [3.63, 3.8) is 0 Å². The van der Waals surface area contributed by atoms with Gasteiger partial charge >= 0.3 is 6.09 Å². The maximum absolute atomic E-state index is 12.3. The summed E-state index contributed by atoms with van der Waals surface area (Å²) in [6, 6.07) is 4.37. The van der Waals surface area contributed by atoms with Crippen molar-refractivity contribution in [2.24, 2.45) is 0 Å². The van der Waals surface area contributed by atoms with E-state index in [1.807, 2.05) is 31.5 Å². The van der Waals surface area contributed by atoms with Crippen LogP contribution in [0.15, 0.2) is 18.3 Å². The van der Waals surface area contributed by atoms with Gasteiger partial charge in [0.05, 0.1) is 36.1 Å². The van der Waals surface area contributed by atoms with Gasteiger partial charge in [0.1, 0.15) is 5.60 Å². The average molecular weight is 402 g/mol. The Labute approximate surface area is 171 Å². The van der Waals surface area contributed by atoms with Gasteiger partial charge in [0.2, 0.25) is 0 Å². The van der Waals surface area contributed by atoms with Crippen LogP contribution in [0.1, 0.15) is 39.7 Å². The van der Waals surface area contributed by atoms with Crippen LogP contribution >= 0.6 is 0 Å². The molecule has 8 heteroatoms. The largest absolute Gasteiger partial charge is 0.444 e. The summed E-state index contributed by atoms with van der Waals surface area (Å²) >= 11 is 0. The summed E-state index contributed by atoms with van der Waals surface area (Å²) in [5.74, 6) is 0. The predicted molar refractivity (Wildman–Crippen MR) is 113 cm³/mol. The fraction of sp³-hybridized carbons (Fsp3) is 0.619. The topological polar surface area (TPSA) is 85.8 Å².